The Morgan fingerprint density at radius 2 is 2.00 bits per heavy atom. The summed E-state index contributed by atoms with van der Waals surface area (Å²) >= 11 is 0. The third-order valence-corrected chi connectivity index (χ3v) is 3.07. The van der Waals surface area contributed by atoms with E-state index in [1.165, 1.54) is 19.3 Å². The first-order valence-electron chi connectivity index (χ1n) is 5.15. The lowest BCUT2D eigenvalue weighted by Crippen LogP contribution is -2.54. The summed E-state index contributed by atoms with van der Waals surface area (Å²) in [6, 6.07) is 1.29. The van der Waals surface area contributed by atoms with Gasteiger partial charge in [-0.15, -0.1) is 5.92 Å². The molecule has 0 saturated carbocycles. The largest absolute Gasteiger partial charge is 0.378 e. The number of hydrogen-bond donors (Lipinski definition) is 0. The van der Waals surface area contributed by atoms with Crippen molar-refractivity contribution in [3.05, 3.63) is 0 Å². The van der Waals surface area contributed by atoms with Crippen LogP contribution in [0, 0.1) is 11.8 Å². The maximum atomic E-state index is 5.56. The van der Waals surface area contributed by atoms with Crippen molar-refractivity contribution in [1.29, 1.82) is 0 Å². The number of hydrogen-bond acceptors (Lipinski definition) is 2. The van der Waals surface area contributed by atoms with E-state index >= 15 is 0 Å². The van der Waals surface area contributed by atoms with Crippen LogP contribution in [0.3, 0.4) is 0 Å². The molecule has 2 unspecified atom stereocenters. The molecule has 2 saturated heterocycles. The number of nitrogens with zero attached hydrogens (tertiary/aromatic N) is 1. The van der Waals surface area contributed by atoms with Gasteiger partial charge in [-0.1, -0.05) is 12.3 Å². The molecule has 0 aromatic rings. The molecule has 2 fully saturated rings. The summed E-state index contributed by atoms with van der Waals surface area (Å²) in [6.07, 6.45) is 3.96. The van der Waals surface area contributed by atoms with Crippen LogP contribution in [0.15, 0.2) is 0 Å². The molecular formula is C11H17NO. The molecule has 2 aliphatic heterocycles. The molecule has 0 N–H and O–H groups in total. The zero-order valence-electron chi connectivity index (χ0n) is 8.25. The molecule has 0 radical (unpaired) electrons. The lowest BCUT2D eigenvalue weighted by molar-refractivity contribution is -0.0664. The zero-order chi connectivity index (χ0) is 9.10. The molecule has 2 nitrogen and oxygen atoms in total. The van der Waals surface area contributed by atoms with Crippen LogP contribution in [0.1, 0.15) is 26.2 Å². The second-order valence-electron chi connectivity index (χ2n) is 3.88. The van der Waals surface area contributed by atoms with Gasteiger partial charge in [-0.3, -0.25) is 4.90 Å². The normalized spacial score (nSPS) is 33.6. The summed E-state index contributed by atoms with van der Waals surface area (Å²) in [6.45, 7) is 4.69. The van der Waals surface area contributed by atoms with E-state index in [2.05, 4.69) is 16.7 Å². The average molecular weight is 179 g/mol. The lowest BCUT2D eigenvalue weighted by atomic mass is 9.94. The van der Waals surface area contributed by atoms with E-state index in [9.17, 15) is 0 Å². The molecule has 2 rings (SSSR count). The highest BCUT2D eigenvalue weighted by Gasteiger charge is 2.33. The fourth-order valence-corrected chi connectivity index (χ4v) is 2.35. The molecule has 0 aliphatic carbocycles. The van der Waals surface area contributed by atoms with E-state index in [1.807, 2.05) is 6.92 Å². The molecule has 72 valence electrons. The lowest BCUT2D eigenvalue weighted by Gasteiger charge is -2.44. The van der Waals surface area contributed by atoms with E-state index in [1.54, 1.807) is 0 Å². The number of rotatable bonds is 1. The van der Waals surface area contributed by atoms with Gasteiger partial charge in [0.05, 0.1) is 19.8 Å². The minimum absolute atomic E-state index is 0.647. The van der Waals surface area contributed by atoms with Crippen LogP contribution in [0.2, 0.25) is 0 Å². The van der Waals surface area contributed by atoms with Crippen molar-refractivity contribution in [3.8, 4) is 11.8 Å². The van der Waals surface area contributed by atoms with E-state index in [4.69, 9.17) is 4.74 Å². The quantitative estimate of drug-likeness (QED) is 0.562. The first kappa shape index (κ1) is 9.05. The Labute approximate surface area is 80.2 Å². The first-order valence-corrected chi connectivity index (χ1v) is 5.15. The fraction of sp³-hybridized carbons (Fsp3) is 0.818. The molecule has 0 aromatic carbocycles. The van der Waals surface area contributed by atoms with Crippen LogP contribution < -0.4 is 0 Å². The first-order chi connectivity index (χ1) is 6.42. The Balaban J connectivity index is 2.00. The Hall–Kier alpha value is -0.520. The summed E-state index contributed by atoms with van der Waals surface area (Å²) < 4.78 is 5.56. The highest BCUT2D eigenvalue weighted by atomic mass is 16.5. The summed E-state index contributed by atoms with van der Waals surface area (Å²) in [4.78, 5) is 2.53. The minimum atomic E-state index is 0.647. The van der Waals surface area contributed by atoms with Crippen molar-refractivity contribution >= 4 is 0 Å². The summed E-state index contributed by atoms with van der Waals surface area (Å²) in [5, 5.41) is 0. The van der Waals surface area contributed by atoms with Crippen molar-refractivity contribution in [1.82, 2.24) is 4.90 Å². The Bertz CT molecular complexity index is 206. The van der Waals surface area contributed by atoms with Gasteiger partial charge in [-0.2, -0.15) is 0 Å². The number of piperidine rings is 1. The Morgan fingerprint density at radius 3 is 2.62 bits per heavy atom. The van der Waals surface area contributed by atoms with Gasteiger partial charge in [0.25, 0.3) is 0 Å². The summed E-state index contributed by atoms with van der Waals surface area (Å²) in [7, 11) is 0. The highest BCUT2D eigenvalue weighted by Crippen LogP contribution is 2.26. The SMILES string of the molecule is CC#CCN1C2CCCC1COC2. The van der Waals surface area contributed by atoms with Crippen LogP contribution in [-0.2, 0) is 4.74 Å². The number of fused-ring (bicyclic) bond motifs is 2. The van der Waals surface area contributed by atoms with Gasteiger partial charge < -0.3 is 4.74 Å². The second-order valence-corrected chi connectivity index (χ2v) is 3.88. The van der Waals surface area contributed by atoms with E-state index in [-0.39, 0.29) is 0 Å². The molecule has 0 spiro atoms. The molecular weight excluding hydrogens is 162 g/mol. The maximum Gasteiger partial charge on any atom is 0.0623 e. The van der Waals surface area contributed by atoms with Crippen molar-refractivity contribution < 1.29 is 4.74 Å². The van der Waals surface area contributed by atoms with Gasteiger partial charge in [0.1, 0.15) is 0 Å². The van der Waals surface area contributed by atoms with Gasteiger partial charge in [0, 0.05) is 12.1 Å². The van der Waals surface area contributed by atoms with Crippen molar-refractivity contribution in [3.63, 3.8) is 0 Å². The minimum Gasteiger partial charge on any atom is -0.378 e. The predicted molar refractivity (Wildman–Crippen MR) is 52.4 cm³/mol. The van der Waals surface area contributed by atoms with Gasteiger partial charge in [0.2, 0.25) is 0 Å². The molecule has 0 aromatic heterocycles. The van der Waals surface area contributed by atoms with Crippen molar-refractivity contribution in [2.75, 3.05) is 19.8 Å². The molecule has 2 aliphatic rings. The fourth-order valence-electron chi connectivity index (χ4n) is 2.35. The maximum absolute atomic E-state index is 5.56. The van der Waals surface area contributed by atoms with E-state index in [0.29, 0.717) is 12.1 Å². The number of morpholine rings is 1. The highest BCUT2D eigenvalue weighted by molar-refractivity contribution is 5.01. The van der Waals surface area contributed by atoms with Gasteiger partial charge in [-0.25, -0.2) is 0 Å². The molecule has 2 heterocycles. The van der Waals surface area contributed by atoms with Crippen LogP contribution in [0.25, 0.3) is 0 Å². The van der Waals surface area contributed by atoms with Gasteiger partial charge in [-0.05, 0) is 19.8 Å². The van der Waals surface area contributed by atoms with E-state index in [0.717, 1.165) is 19.8 Å². The monoisotopic (exact) mass is 179 g/mol. The van der Waals surface area contributed by atoms with Crippen LogP contribution >= 0.6 is 0 Å². The van der Waals surface area contributed by atoms with Gasteiger partial charge in [0.15, 0.2) is 0 Å². The van der Waals surface area contributed by atoms with Crippen molar-refractivity contribution in [2.45, 2.75) is 38.3 Å². The Morgan fingerprint density at radius 1 is 1.31 bits per heavy atom. The van der Waals surface area contributed by atoms with Crippen LogP contribution in [0.5, 0.6) is 0 Å². The molecule has 2 atom stereocenters. The Kier molecular flexibility index (Phi) is 2.87. The van der Waals surface area contributed by atoms with E-state index < -0.39 is 0 Å². The summed E-state index contributed by atoms with van der Waals surface area (Å²) in [5.74, 6) is 6.14. The topological polar surface area (TPSA) is 12.5 Å². The molecule has 2 heteroatoms. The smallest absolute Gasteiger partial charge is 0.0623 e. The van der Waals surface area contributed by atoms with Crippen LogP contribution in [-0.4, -0.2) is 36.7 Å². The van der Waals surface area contributed by atoms with Gasteiger partial charge >= 0.3 is 0 Å². The number of ether oxygens (including phenoxy) is 1. The molecule has 2 bridgehead atoms. The average Bonchev–Trinajstić information content (AvgIpc) is 2.14. The third-order valence-electron chi connectivity index (χ3n) is 3.07. The zero-order valence-corrected chi connectivity index (χ0v) is 8.25. The standard InChI is InChI=1S/C11H17NO/c1-2-3-7-12-10-5-4-6-11(12)9-13-8-10/h10-11H,4-9H2,1H3. The second kappa shape index (κ2) is 4.13. The van der Waals surface area contributed by atoms with Crippen molar-refractivity contribution in [2.24, 2.45) is 0 Å². The molecule has 13 heavy (non-hydrogen) atoms. The van der Waals surface area contributed by atoms with Crippen LogP contribution in [0.4, 0.5) is 0 Å². The third kappa shape index (κ3) is 1.87. The molecule has 0 amide bonds. The predicted octanol–water partition coefficient (Wildman–Crippen LogP) is 1.26. The summed E-state index contributed by atoms with van der Waals surface area (Å²) in [5.41, 5.74) is 0.